The molecule has 0 atom stereocenters. The molecule has 13 heteroatoms. The van der Waals surface area contributed by atoms with Crippen molar-refractivity contribution in [2.45, 2.75) is 201 Å². The summed E-state index contributed by atoms with van der Waals surface area (Å²) >= 11 is 0. The summed E-state index contributed by atoms with van der Waals surface area (Å²) in [4.78, 5) is 62.8. The van der Waals surface area contributed by atoms with E-state index < -0.39 is 27.6 Å². The van der Waals surface area contributed by atoms with Crippen LogP contribution in [0.2, 0.25) is 0 Å². The lowest BCUT2D eigenvalue weighted by molar-refractivity contribution is -0.386. The number of rotatable bonds is 43. The Balaban J connectivity index is 1.04. The van der Waals surface area contributed by atoms with Crippen LogP contribution < -0.4 is 18.9 Å². The molecule has 0 aliphatic heterocycles. The molecule has 0 aliphatic rings. The minimum absolute atomic E-state index is 0.0873. The molecular formula is C70H90N2O11. The summed E-state index contributed by atoms with van der Waals surface area (Å²) in [7, 11) is 0. The third kappa shape index (κ3) is 25.3. The van der Waals surface area contributed by atoms with Gasteiger partial charge in [0.1, 0.15) is 17.1 Å². The molecule has 0 bridgehead atoms. The van der Waals surface area contributed by atoms with Gasteiger partial charge in [-0.05, 0) is 90.6 Å². The Morgan fingerprint density at radius 3 is 0.976 bits per heavy atom. The number of benzene rings is 5. The minimum atomic E-state index is -0.746. The maximum Gasteiger partial charge on any atom is 0.343 e. The zero-order valence-corrected chi connectivity index (χ0v) is 49.7. The van der Waals surface area contributed by atoms with Gasteiger partial charge in [-0.2, -0.15) is 0 Å². The third-order valence-corrected chi connectivity index (χ3v) is 14.8. The summed E-state index contributed by atoms with van der Waals surface area (Å²) in [5.41, 5.74) is 2.74. The van der Waals surface area contributed by atoms with Gasteiger partial charge in [0.2, 0.25) is 0 Å². The second-order valence-electron chi connectivity index (χ2n) is 21.7. The fourth-order valence-electron chi connectivity index (χ4n) is 9.95. The van der Waals surface area contributed by atoms with E-state index in [1.807, 2.05) is 0 Å². The van der Waals surface area contributed by atoms with E-state index in [4.69, 9.17) is 18.9 Å². The Kier molecular flexibility index (Phi) is 31.3. The number of ether oxygens (including phenoxy) is 4. The predicted molar refractivity (Wildman–Crippen MR) is 335 cm³/mol. The number of ketones is 1. The van der Waals surface area contributed by atoms with Crippen molar-refractivity contribution in [2.24, 2.45) is 0 Å². The average Bonchev–Trinajstić information content (AvgIpc) is 3.48. The lowest BCUT2D eigenvalue weighted by Gasteiger charge is -2.13. The van der Waals surface area contributed by atoms with Gasteiger partial charge in [-0.25, -0.2) is 9.59 Å². The maximum absolute atomic E-state index is 13.4. The molecular weight excluding hydrogens is 1040 g/mol. The number of nitrogens with zero attached hydrogens (tertiary/aromatic N) is 2. The summed E-state index contributed by atoms with van der Waals surface area (Å²) in [5, 5.41) is 24.0. The van der Waals surface area contributed by atoms with Crippen molar-refractivity contribution in [2.75, 3.05) is 13.2 Å². The van der Waals surface area contributed by atoms with Gasteiger partial charge in [-0.1, -0.05) is 248 Å². The Morgan fingerprint density at radius 2 is 0.675 bits per heavy atom. The number of nitro benzene ring substituents is 2. The number of unbranched alkanes of at least 4 members (excludes halogenated alkanes) is 26. The number of hydrogen-bond donors (Lipinski definition) is 0. The van der Waals surface area contributed by atoms with Crippen LogP contribution in [0.25, 0.3) is 24.3 Å². The SMILES string of the molecule is CCCCCCCCCCCCCCCCOc1ccc(/C=C/c2ccc(C(=O)Oc3cccc(OC(=O)c4ccc(/C=C/c5ccc(OCCCCCCCCCCCCCCCC)c([N+](=O)[O-])c5)cc4)c3C(C)=O)cc2)cc1[N+](=O)[O-]. The molecule has 0 spiro atoms. The Morgan fingerprint density at radius 1 is 0.386 bits per heavy atom. The van der Waals surface area contributed by atoms with Gasteiger partial charge in [-0.15, -0.1) is 0 Å². The summed E-state index contributed by atoms with van der Waals surface area (Å²) in [6.07, 6.45) is 42.0. The molecule has 0 heterocycles. The molecule has 446 valence electrons. The van der Waals surface area contributed by atoms with E-state index in [1.165, 1.54) is 179 Å². The van der Waals surface area contributed by atoms with E-state index >= 15 is 0 Å². The van der Waals surface area contributed by atoms with Gasteiger partial charge < -0.3 is 18.9 Å². The Bertz CT molecular complexity index is 2640. The lowest BCUT2D eigenvalue weighted by atomic mass is 10.0. The fourth-order valence-corrected chi connectivity index (χ4v) is 9.95. The van der Waals surface area contributed by atoms with E-state index in [9.17, 15) is 34.6 Å². The first-order chi connectivity index (χ1) is 40.5. The fraction of sp³-hybridized carbons (Fsp3) is 0.471. The highest BCUT2D eigenvalue weighted by Gasteiger charge is 2.22. The standard InChI is InChI=1S/C70H90N2O11/c1-4-6-8-10-12-14-16-18-20-22-24-26-28-30-51-80-64-49-43-58(53-62(64)71(76)77)37-35-56-39-45-60(46-40-56)69(74)82-66-33-32-34-67(68(66)55(3)73)83-70(75)61-47-41-57(42-48-61)36-38-59-44-50-65(63(54-59)72(78)79)81-52-31-29-27-25-23-21-19-17-15-13-11-9-7-5-2/h32-50,53-54H,4-31,51-52H2,1-3H3/b37-35+,38-36+. The first kappa shape index (κ1) is 66.4. The topological polar surface area (TPSA) is 174 Å². The molecule has 0 aromatic heterocycles. The van der Waals surface area contributed by atoms with Crippen molar-refractivity contribution in [1.29, 1.82) is 0 Å². The highest BCUT2D eigenvalue weighted by Crippen LogP contribution is 2.33. The zero-order valence-electron chi connectivity index (χ0n) is 49.7. The molecule has 0 saturated heterocycles. The minimum Gasteiger partial charge on any atom is -0.487 e. The Hall–Kier alpha value is -7.41. The van der Waals surface area contributed by atoms with Crippen LogP contribution in [-0.2, 0) is 0 Å². The third-order valence-electron chi connectivity index (χ3n) is 14.8. The van der Waals surface area contributed by atoms with Crippen molar-refractivity contribution < 1.29 is 43.2 Å². The number of Topliss-reactive ketones (excluding diaryl/α,β-unsaturated/α-hetero) is 1. The zero-order chi connectivity index (χ0) is 59.3. The molecule has 0 aliphatic carbocycles. The number of esters is 2. The largest absolute Gasteiger partial charge is 0.487 e. The summed E-state index contributed by atoms with van der Waals surface area (Å²) in [6.45, 7) is 6.61. The molecule has 0 fully saturated rings. The first-order valence-corrected chi connectivity index (χ1v) is 30.9. The van der Waals surface area contributed by atoms with Gasteiger partial charge in [0, 0.05) is 12.1 Å². The number of nitro groups is 2. The van der Waals surface area contributed by atoms with Crippen molar-refractivity contribution >= 4 is 53.4 Å². The molecule has 83 heavy (non-hydrogen) atoms. The van der Waals surface area contributed by atoms with Gasteiger partial charge in [-0.3, -0.25) is 25.0 Å². The van der Waals surface area contributed by atoms with Crippen LogP contribution in [0, 0.1) is 20.2 Å². The number of hydrogen-bond acceptors (Lipinski definition) is 11. The molecule has 0 radical (unpaired) electrons. The van der Waals surface area contributed by atoms with Gasteiger partial charge >= 0.3 is 23.3 Å². The van der Waals surface area contributed by atoms with Crippen LogP contribution >= 0.6 is 0 Å². The monoisotopic (exact) mass is 1130 g/mol. The van der Waals surface area contributed by atoms with E-state index in [2.05, 4.69) is 13.8 Å². The highest BCUT2D eigenvalue weighted by molar-refractivity contribution is 6.03. The molecule has 5 aromatic rings. The van der Waals surface area contributed by atoms with Crippen LogP contribution in [0.1, 0.15) is 254 Å². The Labute approximate surface area is 493 Å². The van der Waals surface area contributed by atoms with Gasteiger partial charge in [0.25, 0.3) is 0 Å². The second kappa shape index (κ2) is 39.1. The highest BCUT2D eigenvalue weighted by atomic mass is 16.6. The van der Waals surface area contributed by atoms with Crippen molar-refractivity contribution in [3.05, 3.63) is 162 Å². The summed E-state index contributed by atoms with van der Waals surface area (Å²) in [6, 6.07) is 27.2. The van der Waals surface area contributed by atoms with E-state index in [0.29, 0.717) is 24.3 Å². The van der Waals surface area contributed by atoms with Gasteiger partial charge in [0.05, 0.1) is 34.2 Å². The number of carbonyl (C=O) groups is 3. The molecule has 13 nitrogen and oxygen atoms in total. The molecule has 5 rings (SSSR count). The van der Waals surface area contributed by atoms with E-state index in [1.54, 1.807) is 97.1 Å². The van der Waals surface area contributed by atoms with Crippen LogP contribution in [0.3, 0.4) is 0 Å². The van der Waals surface area contributed by atoms with E-state index in [-0.39, 0.29) is 51.1 Å². The average molecular weight is 1140 g/mol. The van der Waals surface area contributed by atoms with Crippen LogP contribution in [-0.4, -0.2) is 40.8 Å². The van der Waals surface area contributed by atoms with Crippen molar-refractivity contribution in [1.82, 2.24) is 0 Å². The summed E-state index contributed by atoms with van der Waals surface area (Å²) in [5.74, 6) is -1.68. The van der Waals surface area contributed by atoms with E-state index in [0.717, 1.165) is 49.7 Å². The summed E-state index contributed by atoms with van der Waals surface area (Å²) < 4.78 is 23.1. The first-order valence-electron chi connectivity index (χ1n) is 30.9. The normalized spacial score (nSPS) is 11.3. The molecule has 5 aromatic carbocycles. The second-order valence-corrected chi connectivity index (χ2v) is 21.7. The van der Waals surface area contributed by atoms with Crippen LogP contribution in [0.15, 0.2) is 103 Å². The molecule has 0 unspecified atom stereocenters. The lowest BCUT2D eigenvalue weighted by Crippen LogP contribution is -2.14. The predicted octanol–water partition coefficient (Wildman–Crippen LogP) is 20.2. The van der Waals surface area contributed by atoms with Crippen LogP contribution in [0.4, 0.5) is 11.4 Å². The van der Waals surface area contributed by atoms with Gasteiger partial charge in [0.15, 0.2) is 17.3 Å². The quantitative estimate of drug-likeness (QED) is 0.00691. The number of carbonyl (C=O) groups excluding carboxylic acids is 3. The maximum atomic E-state index is 13.4. The molecule has 0 saturated carbocycles. The molecule has 0 N–H and O–H groups in total. The smallest absolute Gasteiger partial charge is 0.343 e. The molecule has 0 amide bonds. The van der Waals surface area contributed by atoms with Crippen molar-refractivity contribution in [3.8, 4) is 23.0 Å². The van der Waals surface area contributed by atoms with Crippen LogP contribution in [0.5, 0.6) is 23.0 Å². The van der Waals surface area contributed by atoms with Crippen molar-refractivity contribution in [3.63, 3.8) is 0 Å².